The summed E-state index contributed by atoms with van der Waals surface area (Å²) in [6.45, 7) is 3.62. The molecule has 0 radical (unpaired) electrons. The first-order chi connectivity index (χ1) is 10.5. The summed E-state index contributed by atoms with van der Waals surface area (Å²) >= 11 is 0. The van der Waals surface area contributed by atoms with Crippen LogP contribution in [0.5, 0.6) is 5.75 Å². The van der Waals surface area contributed by atoms with Crippen molar-refractivity contribution < 1.29 is 23.5 Å². The van der Waals surface area contributed by atoms with Gasteiger partial charge in [-0.05, 0) is 25.1 Å². The van der Waals surface area contributed by atoms with E-state index in [0.717, 1.165) is 6.07 Å². The molecule has 0 aliphatic carbocycles. The summed E-state index contributed by atoms with van der Waals surface area (Å²) in [5, 5.41) is 2.58. The molecule has 0 saturated carbocycles. The van der Waals surface area contributed by atoms with Crippen LogP contribution in [0.4, 0.5) is 4.39 Å². The molecule has 1 aliphatic rings. The standard InChI is InChI=1S/C15H19FN2O4/c1-10(15(20)18-5-7-22-8-6-18)17-14(19)11-3-4-13(21-2)12(16)9-11/h3-4,9-10H,5-8H2,1-2H3,(H,17,19). The highest BCUT2D eigenvalue weighted by molar-refractivity contribution is 5.97. The average Bonchev–Trinajstić information content (AvgIpc) is 2.54. The molecule has 1 unspecified atom stereocenters. The molecule has 120 valence electrons. The van der Waals surface area contributed by atoms with Gasteiger partial charge in [-0.1, -0.05) is 0 Å². The van der Waals surface area contributed by atoms with Crippen molar-refractivity contribution in [3.05, 3.63) is 29.6 Å². The molecule has 7 heteroatoms. The number of methoxy groups -OCH3 is 1. The highest BCUT2D eigenvalue weighted by atomic mass is 19.1. The fourth-order valence-electron chi connectivity index (χ4n) is 2.21. The Hall–Kier alpha value is -2.15. The highest BCUT2D eigenvalue weighted by Crippen LogP contribution is 2.17. The molecule has 0 bridgehead atoms. The van der Waals surface area contributed by atoms with E-state index in [4.69, 9.17) is 9.47 Å². The monoisotopic (exact) mass is 310 g/mol. The summed E-state index contributed by atoms with van der Waals surface area (Å²) in [7, 11) is 1.35. The molecule has 1 aromatic rings. The number of hydrogen-bond donors (Lipinski definition) is 1. The fourth-order valence-corrected chi connectivity index (χ4v) is 2.21. The van der Waals surface area contributed by atoms with Crippen LogP contribution < -0.4 is 10.1 Å². The van der Waals surface area contributed by atoms with Crippen molar-refractivity contribution >= 4 is 11.8 Å². The Kier molecular flexibility index (Phi) is 5.32. The van der Waals surface area contributed by atoms with Gasteiger partial charge in [-0.2, -0.15) is 0 Å². The number of nitrogens with one attached hydrogen (secondary N) is 1. The van der Waals surface area contributed by atoms with Crippen LogP contribution in [0.2, 0.25) is 0 Å². The normalized spacial score (nSPS) is 16.0. The first-order valence-corrected chi connectivity index (χ1v) is 7.04. The number of carbonyl (C=O) groups excluding carboxylic acids is 2. The molecular formula is C15H19FN2O4. The van der Waals surface area contributed by atoms with Crippen molar-refractivity contribution in [3.8, 4) is 5.75 Å². The van der Waals surface area contributed by atoms with Crippen LogP contribution in [0.15, 0.2) is 18.2 Å². The Bertz CT molecular complexity index is 558. The van der Waals surface area contributed by atoms with Crippen molar-refractivity contribution in [2.45, 2.75) is 13.0 Å². The lowest BCUT2D eigenvalue weighted by Crippen LogP contribution is -2.50. The van der Waals surface area contributed by atoms with E-state index >= 15 is 0 Å². The maximum atomic E-state index is 13.6. The Balaban J connectivity index is 1.98. The topological polar surface area (TPSA) is 67.9 Å². The van der Waals surface area contributed by atoms with Gasteiger partial charge in [0.2, 0.25) is 5.91 Å². The SMILES string of the molecule is COc1ccc(C(=O)NC(C)C(=O)N2CCOCC2)cc1F. The predicted molar refractivity (Wildman–Crippen MR) is 77.3 cm³/mol. The number of halogens is 1. The smallest absolute Gasteiger partial charge is 0.252 e. The van der Waals surface area contributed by atoms with Crippen LogP contribution in [0.3, 0.4) is 0 Å². The van der Waals surface area contributed by atoms with Crippen LogP contribution in [0, 0.1) is 5.82 Å². The van der Waals surface area contributed by atoms with E-state index in [1.54, 1.807) is 11.8 Å². The Morgan fingerprint density at radius 3 is 2.64 bits per heavy atom. The van der Waals surface area contributed by atoms with Crippen LogP contribution in [0.1, 0.15) is 17.3 Å². The molecule has 6 nitrogen and oxygen atoms in total. The molecule has 1 saturated heterocycles. The van der Waals surface area contributed by atoms with Gasteiger partial charge in [-0.25, -0.2) is 4.39 Å². The number of nitrogens with zero attached hydrogens (tertiary/aromatic N) is 1. The molecule has 1 heterocycles. The predicted octanol–water partition coefficient (Wildman–Crippen LogP) is 0.811. The molecule has 0 aromatic heterocycles. The fraction of sp³-hybridized carbons (Fsp3) is 0.467. The zero-order chi connectivity index (χ0) is 16.1. The van der Waals surface area contributed by atoms with Crippen molar-refractivity contribution in [1.82, 2.24) is 10.2 Å². The maximum absolute atomic E-state index is 13.6. The molecule has 1 atom stereocenters. The summed E-state index contributed by atoms with van der Waals surface area (Å²) in [5.74, 6) is -1.24. The zero-order valence-electron chi connectivity index (χ0n) is 12.6. The molecule has 2 amide bonds. The van der Waals surface area contributed by atoms with Gasteiger partial charge in [-0.3, -0.25) is 9.59 Å². The number of ether oxygens (including phenoxy) is 2. The van der Waals surface area contributed by atoms with Crippen molar-refractivity contribution in [2.75, 3.05) is 33.4 Å². The number of benzene rings is 1. The van der Waals surface area contributed by atoms with Crippen molar-refractivity contribution in [1.29, 1.82) is 0 Å². The third-order valence-corrected chi connectivity index (χ3v) is 3.45. The number of amides is 2. The maximum Gasteiger partial charge on any atom is 0.252 e. The second-order valence-corrected chi connectivity index (χ2v) is 4.98. The Morgan fingerprint density at radius 2 is 2.05 bits per heavy atom. The van der Waals surface area contributed by atoms with E-state index < -0.39 is 17.8 Å². The second-order valence-electron chi connectivity index (χ2n) is 4.98. The summed E-state index contributed by atoms with van der Waals surface area (Å²) < 4.78 is 23.6. The molecule has 1 aliphatic heterocycles. The quantitative estimate of drug-likeness (QED) is 0.894. The Labute approximate surface area is 128 Å². The van der Waals surface area contributed by atoms with Gasteiger partial charge >= 0.3 is 0 Å². The van der Waals surface area contributed by atoms with Crippen LogP contribution >= 0.6 is 0 Å². The van der Waals surface area contributed by atoms with E-state index in [9.17, 15) is 14.0 Å². The van der Waals surface area contributed by atoms with Gasteiger partial charge in [0, 0.05) is 18.7 Å². The third kappa shape index (κ3) is 3.73. The number of morpholine rings is 1. The van der Waals surface area contributed by atoms with Crippen LogP contribution in [-0.2, 0) is 9.53 Å². The molecule has 2 rings (SSSR count). The first kappa shape index (κ1) is 16.2. The number of rotatable bonds is 4. The number of hydrogen-bond acceptors (Lipinski definition) is 4. The molecule has 1 N–H and O–H groups in total. The minimum Gasteiger partial charge on any atom is -0.494 e. The molecule has 22 heavy (non-hydrogen) atoms. The average molecular weight is 310 g/mol. The lowest BCUT2D eigenvalue weighted by Gasteiger charge is -2.29. The Morgan fingerprint density at radius 1 is 1.36 bits per heavy atom. The zero-order valence-corrected chi connectivity index (χ0v) is 12.6. The largest absolute Gasteiger partial charge is 0.494 e. The molecular weight excluding hydrogens is 291 g/mol. The van der Waals surface area contributed by atoms with Gasteiger partial charge in [0.15, 0.2) is 11.6 Å². The lowest BCUT2D eigenvalue weighted by atomic mass is 10.1. The summed E-state index contributed by atoms with van der Waals surface area (Å²) in [4.78, 5) is 25.9. The van der Waals surface area contributed by atoms with Gasteiger partial charge in [0.25, 0.3) is 5.91 Å². The molecule has 1 aromatic carbocycles. The van der Waals surface area contributed by atoms with Gasteiger partial charge in [0.05, 0.1) is 20.3 Å². The second kappa shape index (κ2) is 7.22. The van der Waals surface area contributed by atoms with E-state index in [2.05, 4.69) is 5.32 Å². The highest BCUT2D eigenvalue weighted by Gasteiger charge is 2.24. The first-order valence-electron chi connectivity index (χ1n) is 7.04. The third-order valence-electron chi connectivity index (χ3n) is 3.45. The number of carbonyl (C=O) groups is 2. The van der Waals surface area contributed by atoms with Gasteiger partial charge < -0.3 is 19.7 Å². The summed E-state index contributed by atoms with van der Waals surface area (Å²) in [6.07, 6.45) is 0. The minimum atomic E-state index is -0.684. The van der Waals surface area contributed by atoms with Gasteiger partial charge in [-0.15, -0.1) is 0 Å². The minimum absolute atomic E-state index is 0.0639. The summed E-state index contributed by atoms with van der Waals surface area (Å²) in [6, 6.07) is 3.22. The lowest BCUT2D eigenvalue weighted by molar-refractivity contribution is -0.136. The molecule has 1 fully saturated rings. The van der Waals surface area contributed by atoms with E-state index in [1.165, 1.54) is 19.2 Å². The molecule has 0 spiro atoms. The van der Waals surface area contributed by atoms with Crippen molar-refractivity contribution in [3.63, 3.8) is 0 Å². The van der Waals surface area contributed by atoms with E-state index in [-0.39, 0.29) is 17.2 Å². The van der Waals surface area contributed by atoms with E-state index in [0.29, 0.717) is 26.3 Å². The van der Waals surface area contributed by atoms with Crippen LogP contribution in [0.25, 0.3) is 0 Å². The van der Waals surface area contributed by atoms with Gasteiger partial charge in [0.1, 0.15) is 6.04 Å². The van der Waals surface area contributed by atoms with Crippen LogP contribution in [-0.4, -0.2) is 56.2 Å². The van der Waals surface area contributed by atoms with Crippen molar-refractivity contribution in [2.24, 2.45) is 0 Å². The summed E-state index contributed by atoms with van der Waals surface area (Å²) in [5.41, 5.74) is 0.139. The van der Waals surface area contributed by atoms with E-state index in [1.807, 2.05) is 0 Å².